The quantitative estimate of drug-likeness (QED) is 0.455. The maximum absolute atomic E-state index is 12.8. The SMILES string of the molecule is Cc1cccc(C(=O)N=c2scc(-c3ccccc3)n2-c2ccccc2C)c1. The molecule has 0 spiro atoms. The summed E-state index contributed by atoms with van der Waals surface area (Å²) >= 11 is 1.48. The van der Waals surface area contributed by atoms with Crippen LogP contribution in [0.5, 0.6) is 0 Å². The van der Waals surface area contributed by atoms with Crippen molar-refractivity contribution in [2.75, 3.05) is 0 Å². The van der Waals surface area contributed by atoms with E-state index >= 15 is 0 Å². The third-order valence-corrected chi connectivity index (χ3v) is 5.42. The number of para-hydroxylation sites is 1. The van der Waals surface area contributed by atoms with Crippen LogP contribution in [0.4, 0.5) is 0 Å². The number of aryl methyl sites for hydroxylation is 2. The van der Waals surface area contributed by atoms with Gasteiger partial charge in [-0.15, -0.1) is 11.3 Å². The summed E-state index contributed by atoms with van der Waals surface area (Å²) in [5, 5.41) is 2.06. The van der Waals surface area contributed by atoms with Gasteiger partial charge in [0.2, 0.25) is 0 Å². The van der Waals surface area contributed by atoms with E-state index in [1.165, 1.54) is 11.3 Å². The average molecular weight is 385 g/mol. The van der Waals surface area contributed by atoms with Crippen LogP contribution in [0, 0.1) is 13.8 Å². The standard InChI is InChI=1S/C24H20N2OS/c1-17-9-8-13-20(15-17)23(27)25-24-26(21-14-7-6-10-18(21)2)22(16-28-24)19-11-4-3-5-12-19/h3-16H,1-2H3. The van der Waals surface area contributed by atoms with Crippen molar-refractivity contribution in [3.63, 3.8) is 0 Å². The first kappa shape index (κ1) is 18.1. The van der Waals surface area contributed by atoms with Gasteiger partial charge in [-0.25, -0.2) is 0 Å². The number of carbonyl (C=O) groups is 1. The molecular weight excluding hydrogens is 364 g/mol. The molecule has 0 saturated carbocycles. The van der Waals surface area contributed by atoms with Gasteiger partial charge in [0.25, 0.3) is 5.91 Å². The van der Waals surface area contributed by atoms with Crippen LogP contribution in [-0.2, 0) is 0 Å². The van der Waals surface area contributed by atoms with E-state index in [0.29, 0.717) is 10.4 Å². The van der Waals surface area contributed by atoms with E-state index in [2.05, 4.69) is 46.1 Å². The van der Waals surface area contributed by atoms with Crippen LogP contribution in [0.25, 0.3) is 16.9 Å². The van der Waals surface area contributed by atoms with Gasteiger partial charge >= 0.3 is 0 Å². The smallest absolute Gasteiger partial charge is 0.279 e. The fourth-order valence-corrected chi connectivity index (χ4v) is 4.07. The van der Waals surface area contributed by atoms with E-state index in [1.54, 1.807) is 0 Å². The predicted molar refractivity (Wildman–Crippen MR) is 115 cm³/mol. The van der Waals surface area contributed by atoms with E-state index in [4.69, 9.17) is 0 Å². The molecule has 0 fully saturated rings. The summed E-state index contributed by atoms with van der Waals surface area (Å²) < 4.78 is 2.07. The fraction of sp³-hybridized carbons (Fsp3) is 0.0833. The Morgan fingerprint density at radius 2 is 1.64 bits per heavy atom. The molecule has 0 atom stereocenters. The van der Waals surface area contributed by atoms with Gasteiger partial charge in [-0.3, -0.25) is 9.36 Å². The first-order valence-electron chi connectivity index (χ1n) is 9.11. The topological polar surface area (TPSA) is 34.4 Å². The Hall–Kier alpha value is -3.24. The summed E-state index contributed by atoms with van der Waals surface area (Å²) in [6.07, 6.45) is 0. The first-order valence-corrected chi connectivity index (χ1v) is 9.99. The molecule has 0 unspecified atom stereocenters. The Balaban J connectivity index is 1.92. The monoisotopic (exact) mass is 384 g/mol. The summed E-state index contributed by atoms with van der Waals surface area (Å²) in [5.41, 5.74) is 5.91. The number of hydrogen-bond donors (Lipinski definition) is 0. The number of amides is 1. The van der Waals surface area contributed by atoms with Crippen LogP contribution in [-0.4, -0.2) is 10.5 Å². The van der Waals surface area contributed by atoms with Gasteiger partial charge in [-0.05, 0) is 43.2 Å². The van der Waals surface area contributed by atoms with E-state index in [1.807, 2.05) is 61.5 Å². The van der Waals surface area contributed by atoms with Crippen LogP contribution < -0.4 is 4.80 Å². The average Bonchev–Trinajstić information content (AvgIpc) is 3.12. The molecule has 0 aliphatic heterocycles. The lowest BCUT2D eigenvalue weighted by Gasteiger charge is -2.12. The maximum atomic E-state index is 12.8. The van der Waals surface area contributed by atoms with Gasteiger partial charge in [0, 0.05) is 10.9 Å². The third kappa shape index (κ3) is 3.59. The van der Waals surface area contributed by atoms with Gasteiger partial charge in [-0.2, -0.15) is 4.99 Å². The molecule has 1 heterocycles. The number of benzene rings is 3. The van der Waals surface area contributed by atoms with Crippen molar-refractivity contribution in [2.24, 2.45) is 4.99 Å². The molecular formula is C24H20N2OS. The van der Waals surface area contributed by atoms with E-state index in [9.17, 15) is 4.79 Å². The number of nitrogens with zero attached hydrogens (tertiary/aromatic N) is 2. The van der Waals surface area contributed by atoms with Crippen molar-refractivity contribution < 1.29 is 4.79 Å². The molecule has 0 radical (unpaired) electrons. The molecule has 4 heteroatoms. The number of carbonyl (C=O) groups excluding carboxylic acids is 1. The zero-order valence-corrected chi connectivity index (χ0v) is 16.6. The lowest BCUT2D eigenvalue weighted by atomic mass is 10.1. The van der Waals surface area contributed by atoms with Crippen molar-refractivity contribution in [1.82, 2.24) is 4.57 Å². The van der Waals surface area contributed by atoms with Crippen LogP contribution in [0.1, 0.15) is 21.5 Å². The molecule has 1 aromatic heterocycles. The summed E-state index contributed by atoms with van der Waals surface area (Å²) in [4.78, 5) is 18.0. The summed E-state index contributed by atoms with van der Waals surface area (Å²) in [7, 11) is 0. The lowest BCUT2D eigenvalue weighted by molar-refractivity contribution is 0.0998. The molecule has 0 saturated heterocycles. The molecule has 0 aliphatic rings. The number of hydrogen-bond acceptors (Lipinski definition) is 2. The molecule has 0 bridgehead atoms. The fourth-order valence-electron chi connectivity index (χ4n) is 3.18. The van der Waals surface area contributed by atoms with Gasteiger partial charge < -0.3 is 0 Å². The van der Waals surface area contributed by atoms with E-state index in [-0.39, 0.29) is 5.91 Å². The second-order valence-corrected chi connectivity index (χ2v) is 7.51. The van der Waals surface area contributed by atoms with Crippen molar-refractivity contribution in [3.05, 3.63) is 106 Å². The Kier molecular flexibility index (Phi) is 5.04. The second-order valence-electron chi connectivity index (χ2n) is 6.68. The van der Waals surface area contributed by atoms with Crippen LogP contribution in [0.2, 0.25) is 0 Å². The van der Waals surface area contributed by atoms with Crippen molar-refractivity contribution in [3.8, 4) is 16.9 Å². The Bertz CT molecular complexity index is 1200. The minimum absolute atomic E-state index is 0.229. The third-order valence-electron chi connectivity index (χ3n) is 4.60. The maximum Gasteiger partial charge on any atom is 0.279 e. The molecule has 4 aromatic rings. The molecule has 28 heavy (non-hydrogen) atoms. The Morgan fingerprint density at radius 3 is 2.39 bits per heavy atom. The number of thiazole rings is 1. The van der Waals surface area contributed by atoms with Gasteiger partial charge in [0.15, 0.2) is 4.80 Å². The zero-order valence-electron chi connectivity index (χ0n) is 15.8. The van der Waals surface area contributed by atoms with Crippen LogP contribution >= 0.6 is 11.3 Å². The van der Waals surface area contributed by atoms with Crippen molar-refractivity contribution >= 4 is 17.2 Å². The van der Waals surface area contributed by atoms with Crippen molar-refractivity contribution in [1.29, 1.82) is 0 Å². The number of aromatic nitrogens is 1. The highest BCUT2D eigenvalue weighted by molar-refractivity contribution is 7.07. The Labute approximate surface area is 168 Å². The summed E-state index contributed by atoms with van der Waals surface area (Å²) in [6.45, 7) is 4.05. The van der Waals surface area contributed by atoms with E-state index in [0.717, 1.165) is 28.1 Å². The highest BCUT2D eigenvalue weighted by Gasteiger charge is 2.13. The van der Waals surface area contributed by atoms with E-state index < -0.39 is 0 Å². The second kappa shape index (κ2) is 7.79. The minimum atomic E-state index is -0.229. The molecule has 3 nitrogen and oxygen atoms in total. The summed E-state index contributed by atoms with van der Waals surface area (Å²) in [5.74, 6) is -0.229. The largest absolute Gasteiger partial charge is 0.285 e. The number of rotatable bonds is 3. The molecule has 0 N–H and O–H groups in total. The lowest BCUT2D eigenvalue weighted by Crippen LogP contribution is -2.17. The molecule has 1 amide bonds. The van der Waals surface area contributed by atoms with Crippen LogP contribution in [0.3, 0.4) is 0 Å². The minimum Gasteiger partial charge on any atom is -0.285 e. The molecule has 0 aliphatic carbocycles. The predicted octanol–water partition coefficient (Wildman–Crippen LogP) is 5.56. The van der Waals surface area contributed by atoms with Crippen LogP contribution in [0.15, 0.2) is 89.2 Å². The normalized spacial score (nSPS) is 11.6. The molecule has 4 rings (SSSR count). The molecule has 138 valence electrons. The zero-order chi connectivity index (χ0) is 19.5. The highest BCUT2D eigenvalue weighted by Crippen LogP contribution is 2.25. The van der Waals surface area contributed by atoms with Crippen molar-refractivity contribution in [2.45, 2.75) is 13.8 Å². The first-order chi connectivity index (χ1) is 13.6. The Morgan fingerprint density at radius 1 is 0.893 bits per heavy atom. The highest BCUT2D eigenvalue weighted by atomic mass is 32.1. The van der Waals surface area contributed by atoms with Gasteiger partial charge in [0.1, 0.15) is 0 Å². The molecule has 3 aromatic carbocycles. The van der Waals surface area contributed by atoms with Gasteiger partial charge in [-0.1, -0.05) is 66.2 Å². The summed E-state index contributed by atoms with van der Waals surface area (Å²) in [6, 6.07) is 25.9. The van der Waals surface area contributed by atoms with Gasteiger partial charge in [0.05, 0.1) is 11.4 Å².